The molecule has 0 aliphatic carbocycles. The van der Waals surface area contributed by atoms with E-state index in [1.54, 1.807) is 20.0 Å². The van der Waals surface area contributed by atoms with E-state index in [0.717, 1.165) is 23.5 Å². The minimum absolute atomic E-state index is 0.264. The minimum Gasteiger partial charge on any atom is -0.462 e. The molecule has 0 radical (unpaired) electrons. The molecule has 0 bridgehead atoms. The smallest absolute Gasteiger partial charge is 0.416 e. The van der Waals surface area contributed by atoms with Crippen LogP contribution in [0.15, 0.2) is 30.5 Å². The zero-order valence-electron chi connectivity index (χ0n) is 14.4. The van der Waals surface area contributed by atoms with Crippen LogP contribution in [-0.2, 0) is 17.5 Å². The third-order valence-electron chi connectivity index (χ3n) is 3.64. The van der Waals surface area contributed by atoms with Gasteiger partial charge in [-0.3, -0.25) is 0 Å². The summed E-state index contributed by atoms with van der Waals surface area (Å²) in [4.78, 5) is 16.6. The van der Waals surface area contributed by atoms with Crippen LogP contribution < -0.4 is 0 Å². The van der Waals surface area contributed by atoms with Crippen LogP contribution in [0.2, 0.25) is 0 Å². The number of rotatable bonds is 5. The number of esters is 1. The highest BCUT2D eigenvalue weighted by Crippen LogP contribution is 2.29. The van der Waals surface area contributed by atoms with E-state index in [4.69, 9.17) is 4.74 Å². The van der Waals surface area contributed by atoms with E-state index in [0.29, 0.717) is 26.8 Å². The summed E-state index contributed by atoms with van der Waals surface area (Å²) < 4.78 is 44.3. The molecule has 1 aromatic carbocycles. The first-order chi connectivity index (χ1) is 12.8. The number of aryl methyl sites for hydroxylation is 1. The number of carbonyl (C=O) groups is 1. The number of thiazole rings is 1. The zero-order valence-corrected chi connectivity index (χ0v) is 15.3. The summed E-state index contributed by atoms with van der Waals surface area (Å²) in [7, 11) is 0. The molecule has 0 unspecified atom stereocenters. The topological polar surface area (TPSA) is 69.9 Å². The first-order valence-electron chi connectivity index (χ1n) is 7.99. The molecule has 0 amide bonds. The number of ether oxygens (including phenoxy) is 1. The number of aromatic nitrogens is 4. The standard InChI is InChI=1S/C17H15F3N4O2S/c1-3-26-16(25)14-10(2)21-15(27-14)13-9-24(23-22-13)8-11-4-6-12(7-5-11)17(18,19)20/h4-7,9H,3,8H2,1-2H3. The highest BCUT2D eigenvalue weighted by Gasteiger charge is 2.29. The van der Waals surface area contributed by atoms with E-state index in [1.807, 2.05) is 0 Å². The fourth-order valence-electron chi connectivity index (χ4n) is 2.35. The molecule has 0 aliphatic rings. The highest BCUT2D eigenvalue weighted by molar-refractivity contribution is 7.17. The second-order valence-corrected chi connectivity index (χ2v) is 6.65. The summed E-state index contributed by atoms with van der Waals surface area (Å²) in [5.41, 5.74) is 0.980. The Bertz CT molecular complexity index is 948. The summed E-state index contributed by atoms with van der Waals surface area (Å²) in [6.45, 7) is 3.97. The number of alkyl halides is 3. The van der Waals surface area contributed by atoms with Crippen molar-refractivity contribution in [3.8, 4) is 10.7 Å². The lowest BCUT2D eigenvalue weighted by Crippen LogP contribution is -2.05. The van der Waals surface area contributed by atoms with Crippen molar-refractivity contribution in [3.63, 3.8) is 0 Å². The van der Waals surface area contributed by atoms with Gasteiger partial charge >= 0.3 is 12.1 Å². The first kappa shape index (κ1) is 19.0. The zero-order chi connectivity index (χ0) is 19.6. The van der Waals surface area contributed by atoms with Gasteiger partial charge in [0.25, 0.3) is 0 Å². The lowest BCUT2D eigenvalue weighted by molar-refractivity contribution is -0.137. The largest absolute Gasteiger partial charge is 0.462 e. The van der Waals surface area contributed by atoms with Gasteiger partial charge in [0.05, 0.1) is 30.6 Å². The Hall–Kier alpha value is -2.75. The maximum atomic E-state index is 12.6. The van der Waals surface area contributed by atoms with Gasteiger partial charge in [-0.25, -0.2) is 14.5 Å². The van der Waals surface area contributed by atoms with Crippen molar-refractivity contribution in [2.24, 2.45) is 0 Å². The predicted molar refractivity (Wildman–Crippen MR) is 92.4 cm³/mol. The third-order valence-corrected chi connectivity index (χ3v) is 4.80. The molecule has 2 aromatic heterocycles. The van der Waals surface area contributed by atoms with Gasteiger partial charge in [-0.15, -0.1) is 16.4 Å². The Morgan fingerprint density at radius 1 is 1.26 bits per heavy atom. The van der Waals surface area contributed by atoms with Crippen LogP contribution >= 0.6 is 11.3 Å². The molecule has 0 N–H and O–H groups in total. The Labute approximate surface area is 156 Å². The summed E-state index contributed by atoms with van der Waals surface area (Å²) in [5, 5.41) is 8.52. The molecule has 0 saturated heterocycles. The van der Waals surface area contributed by atoms with Crippen LogP contribution in [0.1, 0.15) is 33.4 Å². The Morgan fingerprint density at radius 3 is 2.59 bits per heavy atom. The van der Waals surface area contributed by atoms with Crippen molar-refractivity contribution >= 4 is 17.3 Å². The summed E-state index contributed by atoms with van der Waals surface area (Å²) in [6.07, 6.45) is -2.73. The summed E-state index contributed by atoms with van der Waals surface area (Å²) >= 11 is 1.16. The number of halogens is 3. The van der Waals surface area contributed by atoms with Crippen LogP contribution in [0.25, 0.3) is 10.7 Å². The van der Waals surface area contributed by atoms with Gasteiger partial charge in [0.2, 0.25) is 0 Å². The lowest BCUT2D eigenvalue weighted by atomic mass is 10.1. The summed E-state index contributed by atoms with van der Waals surface area (Å²) in [6, 6.07) is 4.86. The summed E-state index contributed by atoms with van der Waals surface area (Å²) in [5.74, 6) is -0.434. The molecule has 2 heterocycles. The van der Waals surface area contributed by atoms with E-state index >= 15 is 0 Å². The molecule has 0 atom stereocenters. The minimum atomic E-state index is -4.36. The van der Waals surface area contributed by atoms with Crippen LogP contribution in [0.5, 0.6) is 0 Å². The second kappa shape index (κ2) is 7.47. The van der Waals surface area contributed by atoms with Crippen molar-refractivity contribution in [1.29, 1.82) is 0 Å². The fourth-order valence-corrected chi connectivity index (χ4v) is 3.26. The number of carbonyl (C=O) groups excluding carboxylic acids is 1. The van der Waals surface area contributed by atoms with Gasteiger partial charge in [-0.05, 0) is 31.5 Å². The molecule has 6 nitrogen and oxygen atoms in total. The SMILES string of the molecule is CCOC(=O)c1sc(-c2cn(Cc3ccc(C(F)(F)F)cc3)nn2)nc1C. The van der Waals surface area contributed by atoms with Gasteiger partial charge in [0.15, 0.2) is 0 Å². The quantitative estimate of drug-likeness (QED) is 0.611. The normalized spacial score (nSPS) is 11.6. The van der Waals surface area contributed by atoms with E-state index in [-0.39, 0.29) is 13.2 Å². The van der Waals surface area contributed by atoms with E-state index < -0.39 is 17.7 Å². The number of hydrogen-bond acceptors (Lipinski definition) is 6. The maximum Gasteiger partial charge on any atom is 0.416 e. The van der Waals surface area contributed by atoms with E-state index in [2.05, 4.69) is 15.3 Å². The molecule has 0 aliphatic heterocycles. The molecule has 27 heavy (non-hydrogen) atoms. The van der Waals surface area contributed by atoms with Crippen LogP contribution in [0.3, 0.4) is 0 Å². The van der Waals surface area contributed by atoms with Crippen LogP contribution in [0.4, 0.5) is 13.2 Å². The number of benzene rings is 1. The Balaban J connectivity index is 1.75. The Kier molecular flexibility index (Phi) is 5.26. The lowest BCUT2D eigenvalue weighted by Gasteiger charge is -2.07. The molecule has 3 aromatic rings. The van der Waals surface area contributed by atoms with E-state index in [9.17, 15) is 18.0 Å². The van der Waals surface area contributed by atoms with Crippen molar-refractivity contribution < 1.29 is 22.7 Å². The van der Waals surface area contributed by atoms with Crippen molar-refractivity contribution in [2.45, 2.75) is 26.6 Å². The monoisotopic (exact) mass is 396 g/mol. The highest BCUT2D eigenvalue weighted by atomic mass is 32.1. The van der Waals surface area contributed by atoms with Gasteiger partial charge < -0.3 is 4.74 Å². The predicted octanol–water partition coefficient (Wildman–Crippen LogP) is 3.95. The molecule has 142 valence electrons. The van der Waals surface area contributed by atoms with Gasteiger partial charge in [0, 0.05) is 0 Å². The van der Waals surface area contributed by atoms with Gasteiger partial charge in [-0.2, -0.15) is 13.2 Å². The van der Waals surface area contributed by atoms with Crippen LogP contribution in [-0.4, -0.2) is 32.6 Å². The molecular weight excluding hydrogens is 381 g/mol. The average Bonchev–Trinajstić information content (AvgIpc) is 3.21. The first-order valence-corrected chi connectivity index (χ1v) is 8.80. The maximum absolute atomic E-state index is 12.6. The fraction of sp³-hybridized carbons (Fsp3) is 0.294. The van der Waals surface area contributed by atoms with Crippen molar-refractivity contribution in [3.05, 3.63) is 52.2 Å². The average molecular weight is 396 g/mol. The molecule has 0 fully saturated rings. The van der Waals surface area contributed by atoms with Crippen LogP contribution in [0, 0.1) is 6.92 Å². The number of nitrogens with zero attached hydrogens (tertiary/aromatic N) is 4. The van der Waals surface area contributed by atoms with E-state index in [1.165, 1.54) is 16.8 Å². The second-order valence-electron chi connectivity index (χ2n) is 5.65. The molecule has 0 saturated carbocycles. The van der Waals surface area contributed by atoms with Crippen molar-refractivity contribution in [2.75, 3.05) is 6.61 Å². The van der Waals surface area contributed by atoms with Crippen molar-refractivity contribution in [1.82, 2.24) is 20.0 Å². The molecular formula is C17H15F3N4O2S. The number of hydrogen-bond donors (Lipinski definition) is 0. The third kappa shape index (κ3) is 4.33. The van der Waals surface area contributed by atoms with Gasteiger partial charge in [-0.1, -0.05) is 17.3 Å². The molecule has 0 spiro atoms. The molecule has 3 rings (SSSR count). The van der Waals surface area contributed by atoms with Gasteiger partial charge in [0.1, 0.15) is 15.6 Å². The Morgan fingerprint density at radius 2 is 1.96 bits per heavy atom. The molecule has 10 heteroatoms.